The number of nitrogens with two attached hydrogens (primary N) is 2. The van der Waals surface area contributed by atoms with Crippen LogP contribution in [0.25, 0.3) is 0 Å². The fourth-order valence-corrected chi connectivity index (χ4v) is 3.81. The molecule has 0 amide bonds. The van der Waals surface area contributed by atoms with E-state index in [1.807, 2.05) is 18.2 Å². The first-order valence-electron chi connectivity index (χ1n) is 7.56. The first-order valence-corrected chi connectivity index (χ1v) is 9.19. The van der Waals surface area contributed by atoms with E-state index in [-0.39, 0.29) is 15.8 Å². The first kappa shape index (κ1) is 19.6. The number of aliphatic imine (C=N–C) groups is 1. The average molecular weight is 383 g/mol. The lowest BCUT2D eigenvalue weighted by atomic mass is 10.1. The highest BCUT2D eigenvalue weighted by atomic mass is 32.2. The third kappa shape index (κ3) is 4.65. The number of hydrogen-bond donors (Lipinski definition) is 4. The molecule has 0 aliphatic rings. The third-order valence-corrected chi connectivity index (χ3v) is 5.46. The van der Waals surface area contributed by atoms with Crippen molar-refractivity contribution in [2.45, 2.75) is 9.79 Å². The van der Waals surface area contributed by atoms with Gasteiger partial charge in [-0.2, -0.15) is 5.26 Å². The number of nitrogens with zero attached hydrogens (tertiary/aromatic N) is 2. The Labute approximate surface area is 160 Å². The summed E-state index contributed by atoms with van der Waals surface area (Å²) >= 11 is 2.22. The SMILES string of the molecule is CN=C(C(=N)Sc1ccccc1N)C(C#N)C(=N)Sc1ccccc1N. The van der Waals surface area contributed by atoms with Crippen LogP contribution in [0.15, 0.2) is 63.3 Å². The minimum Gasteiger partial charge on any atom is -0.398 e. The van der Waals surface area contributed by atoms with Crippen molar-refractivity contribution in [1.29, 1.82) is 16.1 Å². The van der Waals surface area contributed by atoms with Crippen LogP contribution in [0.1, 0.15) is 0 Å². The number of rotatable bonds is 5. The highest BCUT2D eigenvalue weighted by Crippen LogP contribution is 2.31. The molecule has 0 radical (unpaired) electrons. The van der Waals surface area contributed by atoms with Gasteiger partial charge < -0.3 is 11.5 Å². The van der Waals surface area contributed by atoms with Gasteiger partial charge in [0.15, 0.2) is 0 Å². The number of hydrogen-bond acceptors (Lipinski definition) is 8. The Balaban J connectivity index is 2.19. The molecule has 6 nitrogen and oxygen atoms in total. The lowest BCUT2D eigenvalue weighted by Gasteiger charge is -2.15. The number of nitrogen functional groups attached to an aromatic ring is 2. The van der Waals surface area contributed by atoms with Gasteiger partial charge >= 0.3 is 0 Å². The fourth-order valence-electron chi connectivity index (χ4n) is 2.09. The van der Waals surface area contributed by atoms with Gasteiger partial charge in [-0.25, -0.2) is 0 Å². The minimum absolute atomic E-state index is 0.0670. The Hall–Kier alpha value is -2.76. The Bertz CT molecular complexity index is 901. The van der Waals surface area contributed by atoms with Crippen molar-refractivity contribution in [1.82, 2.24) is 0 Å². The van der Waals surface area contributed by atoms with Crippen LogP contribution in [0.5, 0.6) is 0 Å². The van der Waals surface area contributed by atoms with E-state index in [1.165, 1.54) is 7.05 Å². The van der Waals surface area contributed by atoms with Crippen LogP contribution in [-0.4, -0.2) is 22.8 Å². The van der Waals surface area contributed by atoms with E-state index in [4.69, 9.17) is 22.3 Å². The maximum Gasteiger partial charge on any atom is 0.138 e. The molecule has 1 atom stereocenters. The molecular weight excluding hydrogens is 364 g/mol. The molecule has 6 N–H and O–H groups in total. The Morgan fingerprint density at radius 1 is 1.00 bits per heavy atom. The van der Waals surface area contributed by atoms with Crippen molar-refractivity contribution in [3.63, 3.8) is 0 Å². The largest absolute Gasteiger partial charge is 0.398 e. The van der Waals surface area contributed by atoms with Crippen LogP contribution in [0.4, 0.5) is 11.4 Å². The molecule has 2 rings (SSSR count). The number of nitriles is 1. The number of thioether (sulfide) groups is 2. The minimum atomic E-state index is -0.949. The van der Waals surface area contributed by atoms with Crippen LogP contribution in [0.2, 0.25) is 0 Å². The molecule has 0 aromatic heterocycles. The van der Waals surface area contributed by atoms with Gasteiger partial charge in [-0.3, -0.25) is 15.8 Å². The standard InChI is InChI=1S/C18H18N6S2/c1-24-16(18(23)26-15-9-5-3-7-13(15)21)11(10-19)17(22)25-14-8-4-2-6-12(14)20/h2-9,11,22-23H,20-21H2,1H3. The van der Waals surface area contributed by atoms with Gasteiger partial charge in [0.1, 0.15) is 11.0 Å². The zero-order valence-corrected chi connectivity index (χ0v) is 15.7. The van der Waals surface area contributed by atoms with E-state index in [9.17, 15) is 5.26 Å². The molecule has 132 valence electrons. The second-order valence-electron chi connectivity index (χ2n) is 5.14. The van der Waals surface area contributed by atoms with E-state index >= 15 is 0 Å². The van der Waals surface area contributed by atoms with Crippen LogP contribution in [-0.2, 0) is 0 Å². The lowest BCUT2D eigenvalue weighted by Crippen LogP contribution is -2.25. The number of para-hydroxylation sites is 2. The highest BCUT2D eigenvalue weighted by molar-refractivity contribution is 8.16. The van der Waals surface area contributed by atoms with Crippen molar-refractivity contribution in [3.05, 3.63) is 48.5 Å². The van der Waals surface area contributed by atoms with Gasteiger partial charge in [0, 0.05) is 28.2 Å². The molecule has 0 aliphatic heterocycles. The fraction of sp³-hybridized carbons (Fsp3) is 0.111. The van der Waals surface area contributed by atoms with Gasteiger partial charge in [-0.1, -0.05) is 47.8 Å². The zero-order chi connectivity index (χ0) is 19.1. The topological polar surface area (TPSA) is 136 Å². The van der Waals surface area contributed by atoms with Crippen LogP contribution in [0, 0.1) is 28.1 Å². The smallest absolute Gasteiger partial charge is 0.138 e. The summed E-state index contributed by atoms with van der Waals surface area (Å²) in [6.45, 7) is 0. The molecule has 2 aromatic rings. The summed E-state index contributed by atoms with van der Waals surface area (Å²) in [5, 5.41) is 26.3. The Morgan fingerprint density at radius 2 is 1.50 bits per heavy atom. The molecular formula is C18H18N6S2. The molecule has 0 saturated carbocycles. The predicted molar refractivity (Wildman–Crippen MR) is 111 cm³/mol. The van der Waals surface area contributed by atoms with Crippen molar-refractivity contribution in [3.8, 4) is 6.07 Å². The third-order valence-electron chi connectivity index (χ3n) is 3.41. The van der Waals surface area contributed by atoms with Crippen molar-refractivity contribution >= 4 is 50.7 Å². The zero-order valence-electron chi connectivity index (χ0n) is 14.1. The summed E-state index contributed by atoms with van der Waals surface area (Å²) < 4.78 is 0. The summed E-state index contributed by atoms with van der Waals surface area (Å²) in [5.74, 6) is -0.949. The van der Waals surface area contributed by atoms with E-state index < -0.39 is 5.92 Å². The second-order valence-corrected chi connectivity index (χ2v) is 7.28. The normalized spacial score (nSPS) is 12.2. The maximum atomic E-state index is 9.57. The second kappa shape index (κ2) is 9.08. The summed E-state index contributed by atoms with van der Waals surface area (Å²) in [6, 6.07) is 16.4. The van der Waals surface area contributed by atoms with Crippen molar-refractivity contribution in [2.75, 3.05) is 18.5 Å². The molecule has 2 aromatic carbocycles. The van der Waals surface area contributed by atoms with Crippen molar-refractivity contribution < 1.29 is 0 Å². The summed E-state index contributed by atoms with van der Waals surface area (Å²) in [6.07, 6.45) is 0. The van der Waals surface area contributed by atoms with Crippen LogP contribution >= 0.6 is 23.5 Å². The number of anilines is 2. The van der Waals surface area contributed by atoms with E-state index in [2.05, 4.69) is 11.1 Å². The molecule has 0 heterocycles. The lowest BCUT2D eigenvalue weighted by molar-refractivity contribution is 1.20. The number of nitrogens with one attached hydrogen (secondary N) is 2. The molecule has 0 fully saturated rings. The summed E-state index contributed by atoms with van der Waals surface area (Å²) in [4.78, 5) is 5.50. The molecule has 1 unspecified atom stereocenters. The monoisotopic (exact) mass is 382 g/mol. The van der Waals surface area contributed by atoms with Gasteiger partial charge in [0.25, 0.3) is 0 Å². The maximum absolute atomic E-state index is 9.57. The van der Waals surface area contributed by atoms with Gasteiger partial charge in [0.05, 0.1) is 16.8 Å². The molecule has 0 saturated heterocycles. The quantitative estimate of drug-likeness (QED) is 0.269. The van der Waals surface area contributed by atoms with E-state index in [0.717, 1.165) is 23.5 Å². The Kier molecular flexibility index (Phi) is 6.83. The van der Waals surface area contributed by atoms with Gasteiger partial charge in [0.2, 0.25) is 0 Å². The average Bonchev–Trinajstić information content (AvgIpc) is 2.63. The molecule has 8 heteroatoms. The number of benzene rings is 2. The molecule has 26 heavy (non-hydrogen) atoms. The van der Waals surface area contributed by atoms with Crippen molar-refractivity contribution in [2.24, 2.45) is 10.9 Å². The molecule has 0 spiro atoms. The van der Waals surface area contributed by atoms with Crippen LogP contribution in [0.3, 0.4) is 0 Å². The predicted octanol–water partition coefficient (Wildman–Crippen LogP) is 3.90. The Morgan fingerprint density at radius 3 is 1.96 bits per heavy atom. The van der Waals surface area contributed by atoms with Crippen LogP contribution < -0.4 is 11.5 Å². The summed E-state index contributed by atoms with van der Waals surface area (Å²) in [7, 11) is 1.51. The molecule has 0 bridgehead atoms. The molecule has 0 aliphatic carbocycles. The van der Waals surface area contributed by atoms with E-state index in [1.54, 1.807) is 30.3 Å². The summed E-state index contributed by atoms with van der Waals surface area (Å²) in [5.41, 5.74) is 13.1. The van der Waals surface area contributed by atoms with Gasteiger partial charge in [-0.15, -0.1) is 0 Å². The van der Waals surface area contributed by atoms with E-state index in [0.29, 0.717) is 21.2 Å². The first-order chi connectivity index (χ1) is 12.5. The highest BCUT2D eigenvalue weighted by Gasteiger charge is 2.26. The van der Waals surface area contributed by atoms with Gasteiger partial charge in [-0.05, 0) is 24.3 Å².